The molecule has 1 aromatic carbocycles. The van der Waals surface area contributed by atoms with Crippen LogP contribution < -0.4 is 10.2 Å². The van der Waals surface area contributed by atoms with E-state index in [4.69, 9.17) is 4.74 Å². The molecule has 1 heterocycles. The maximum atomic E-state index is 11.8. The number of anilines is 1. The fraction of sp³-hybridized carbons (Fsp3) is 0.533. The van der Waals surface area contributed by atoms with Crippen molar-refractivity contribution < 1.29 is 9.53 Å². The third-order valence-corrected chi connectivity index (χ3v) is 3.08. The number of rotatable bonds is 1. The van der Waals surface area contributed by atoms with Gasteiger partial charge in [-0.1, -0.05) is 18.2 Å². The molecular weight excluding hydrogens is 240 g/mol. The molecule has 0 saturated heterocycles. The van der Waals surface area contributed by atoms with Gasteiger partial charge in [0.25, 0.3) is 0 Å². The zero-order valence-corrected chi connectivity index (χ0v) is 12.1. The van der Waals surface area contributed by atoms with E-state index in [1.165, 1.54) is 11.3 Å². The highest BCUT2D eigenvalue weighted by atomic mass is 16.6. The van der Waals surface area contributed by atoms with Crippen LogP contribution in [0.3, 0.4) is 0 Å². The summed E-state index contributed by atoms with van der Waals surface area (Å²) in [5.74, 6) is 0. The largest absolute Gasteiger partial charge is 0.444 e. The Morgan fingerprint density at radius 1 is 1.37 bits per heavy atom. The second-order valence-corrected chi connectivity index (χ2v) is 6.06. The summed E-state index contributed by atoms with van der Waals surface area (Å²) in [6.45, 7) is 6.41. The Kier molecular flexibility index (Phi) is 3.69. The zero-order valence-electron chi connectivity index (χ0n) is 12.1. The third kappa shape index (κ3) is 3.63. The number of fused-ring (bicyclic) bond motifs is 1. The molecule has 0 radical (unpaired) electrons. The number of para-hydroxylation sites is 1. The van der Waals surface area contributed by atoms with Crippen molar-refractivity contribution >= 4 is 11.8 Å². The van der Waals surface area contributed by atoms with Crippen molar-refractivity contribution in [2.45, 2.75) is 38.8 Å². The lowest BCUT2D eigenvalue weighted by atomic mass is 9.98. The summed E-state index contributed by atoms with van der Waals surface area (Å²) >= 11 is 0. The van der Waals surface area contributed by atoms with E-state index in [9.17, 15) is 4.79 Å². The van der Waals surface area contributed by atoms with E-state index in [2.05, 4.69) is 22.3 Å². The number of likely N-dealkylation sites (N-methyl/N-ethyl adjacent to an activating group) is 1. The summed E-state index contributed by atoms with van der Waals surface area (Å²) in [5.41, 5.74) is 2.05. The Labute approximate surface area is 114 Å². The van der Waals surface area contributed by atoms with E-state index in [1.807, 2.05) is 40.0 Å². The second-order valence-electron chi connectivity index (χ2n) is 6.06. The van der Waals surface area contributed by atoms with E-state index < -0.39 is 5.60 Å². The summed E-state index contributed by atoms with van der Waals surface area (Å²) in [6, 6.07) is 8.38. The van der Waals surface area contributed by atoms with Gasteiger partial charge in [-0.25, -0.2) is 4.79 Å². The van der Waals surface area contributed by atoms with Gasteiger partial charge in [-0.3, -0.25) is 0 Å². The number of hydrogen-bond acceptors (Lipinski definition) is 3. The second kappa shape index (κ2) is 5.11. The highest BCUT2D eigenvalue weighted by Crippen LogP contribution is 2.25. The third-order valence-electron chi connectivity index (χ3n) is 3.08. The molecule has 1 amide bonds. The lowest BCUT2D eigenvalue weighted by Crippen LogP contribution is -2.48. The Hall–Kier alpha value is -1.71. The molecule has 1 aliphatic rings. The molecule has 19 heavy (non-hydrogen) atoms. The van der Waals surface area contributed by atoms with E-state index in [0.29, 0.717) is 0 Å². The average Bonchev–Trinajstić information content (AvgIpc) is 2.26. The topological polar surface area (TPSA) is 41.6 Å². The maximum Gasteiger partial charge on any atom is 0.407 e. The first-order valence-corrected chi connectivity index (χ1v) is 6.64. The molecule has 1 N–H and O–H groups in total. The monoisotopic (exact) mass is 262 g/mol. The van der Waals surface area contributed by atoms with Crippen molar-refractivity contribution in [3.63, 3.8) is 0 Å². The van der Waals surface area contributed by atoms with Gasteiger partial charge in [0, 0.05) is 19.3 Å². The zero-order chi connectivity index (χ0) is 14.0. The molecule has 4 nitrogen and oxygen atoms in total. The Bertz CT molecular complexity index is 465. The van der Waals surface area contributed by atoms with Crippen molar-refractivity contribution in [2.24, 2.45) is 0 Å². The number of carbonyl (C=O) groups is 1. The minimum atomic E-state index is -0.456. The van der Waals surface area contributed by atoms with Crippen LogP contribution in [0, 0.1) is 0 Å². The molecular formula is C15H22N2O2. The van der Waals surface area contributed by atoms with Crippen molar-refractivity contribution in [1.82, 2.24) is 5.32 Å². The van der Waals surface area contributed by atoms with E-state index in [-0.39, 0.29) is 12.1 Å². The molecule has 1 aromatic rings. The minimum Gasteiger partial charge on any atom is -0.444 e. The lowest BCUT2D eigenvalue weighted by molar-refractivity contribution is 0.0505. The SMILES string of the molecule is CN1CC(NC(=O)OC(C)(C)C)Cc2ccccc21. The lowest BCUT2D eigenvalue weighted by Gasteiger charge is -2.34. The van der Waals surface area contributed by atoms with E-state index in [1.54, 1.807) is 0 Å². The standard InChI is InChI=1S/C15H22N2O2/c1-15(2,3)19-14(18)16-12-9-11-7-5-6-8-13(11)17(4)10-12/h5-8,12H,9-10H2,1-4H3,(H,16,18). The molecule has 0 saturated carbocycles. The van der Waals surface area contributed by atoms with Crippen molar-refractivity contribution in [3.8, 4) is 0 Å². The molecule has 0 fully saturated rings. The van der Waals surface area contributed by atoms with Gasteiger partial charge in [0.2, 0.25) is 0 Å². The van der Waals surface area contributed by atoms with Crippen LogP contribution in [0.15, 0.2) is 24.3 Å². The Balaban J connectivity index is 2.00. The van der Waals surface area contributed by atoms with Crippen LogP contribution in [0.1, 0.15) is 26.3 Å². The number of nitrogens with one attached hydrogen (secondary N) is 1. The van der Waals surface area contributed by atoms with Gasteiger partial charge in [0.15, 0.2) is 0 Å². The summed E-state index contributed by atoms with van der Waals surface area (Å²) in [7, 11) is 2.04. The molecule has 1 aliphatic heterocycles. The van der Waals surface area contributed by atoms with E-state index >= 15 is 0 Å². The van der Waals surface area contributed by atoms with Crippen molar-refractivity contribution in [1.29, 1.82) is 0 Å². The van der Waals surface area contributed by atoms with Crippen LogP contribution in [0.5, 0.6) is 0 Å². The quantitative estimate of drug-likeness (QED) is 0.845. The van der Waals surface area contributed by atoms with E-state index in [0.717, 1.165) is 13.0 Å². The smallest absolute Gasteiger partial charge is 0.407 e. The fourth-order valence-corrected chi connectivity index (χ4v) is 2.39. The number of nitrogens with zero attached hydrogens (tertiary/aromatic N) is 1. The molecule has 104 valence electrons. The van der Waals surface area contributed by atoms with Crippen LogP contribution in [-0.2, 0) is 11.2 Å². The predicted octanol–water partition coefficient (Wildman–Crippen LogP) is 2.57. The maximum absolute atomic E-state index is 11.8. The van der Waals surface area contributed by atoms with Crippen LogP contribution in [0.4, 0.5) is 10.5 Å². The minimum absolute atomic E-state index is 0.0924. The van der Waals surface area contributed by atoms with Gasteiger partial charge >= 0.3 is 6.09 Å². The van der Waals surface area contributed by atoms with Crippen LogP contribution in [0.2, 0.25) is 0 Å². The predicted molar refractivity (Wildman–Crippen MR) is 76.6 cm³/mol. The van der Waals surface area contributed by atoms with Crippen LogP contribution in [-0.4, -0.2) is 31.3 Å². The van der Waals surface area contributed by atoms with Crippen LogP contribution >= 0.6 is 0 Å². The number of benzene rings is 1. The number of hydrogen-bond donors (Lipinski definition) is 1. The molecule has 4 heteroatoms. The number of ether oxygens (including phenoxy) is 1. The summed E-state index contributed by atoms with van der Waals surface area (Å²) < 4.78 is 5.30. The van der Waals surface area contributed by atoms with Gasteiger partial charge in [0.1, 0.15) is 5.60 Å². The number of carbonyl (C=O) groups excluding carboxylic acids is 1. The van der Waals surface area contributed by atoms with Crippen molar-refractivity contribution in [2.75, 3.05) is 18.5 Å². The molecule has 0 bridgehead atoms. The summed E-state index contributed by atoms with van der Waals surface area (Å²) in [5, 5.41) is 2.94. The first kappa shape index (κ1) is 13.7. The van der Waals surface area contributed by atoms with Gasteiger partial charge in [0.05, 0.1) is 6.04 Å². The highest BCUT2D eigenvalue weighted by Gasteiger charge is 2.25. The summed E-state index contributed by atoms with van der Waals surface area (Å²) in [4.78, 5) is 14.0. The van der Waals surface area contributed by atoms with Gasteiger partial charge < -0.3 is 15.0 Å². The number of amides is 1. The molecule has 1 unspecified atom stereocenters. The molecule has 2 rings (SSSR count). The Morgan fingerprint density at radius 2 is 2.05 bits per heavy atom. The first-order valence-electron chi connectivity index (χ1n) is 6.64. The molecule has 1 atom stereocenters. The normalized spacial score (nSPS) is 18.7. The Morgan fingerprint density at radius 3 is 2.74 bits per heavy atom. The van der Waals surface area contributed by atoms with Gasteiger partial charge in [-0.15, -0.1) is 0 Å². The van der Waals surface area contributed by atoms with Crippen LogP contribution in [0.25, 0.3) is 0 Å². The average molecular weight is 262 g/mol. The van der Waals surface area contributed by atoms with Gasteiger partial charge in [-0.2, -0.15) is 0 Å². The first-order chi connectivity index (χ1) is 8.85. The summed E-state index contributed by atoms with van der Waals surface area (Å²) in [6.07, 6.45) is 0.505. The molecule has 0 aliphatic carbocycles. The molecule has 0 aromatic heterocycles. The highest BCUT2D eigenvalue weighted by molar-refractivity contribution is 5.69. The molecule has 0 spiro atoms. The number of alkyl carbamates (subject to hydrolysis) is 1. The fourth-order valence-electron chi connectivity index (χ4n) is 2.39. The van der Waals surface area contributed by atoms with Crippen molar-refractivity contribution in [3.05, 3.63) is 29.8 Å². The van der Waals surface area contributed by atoms with Gasteiger partial charge in [-0.05, 0) is 38.8 Å².